The third kappa shape index (κ3) is 2.70. The summed E-state index contributed by atoms with van der Waals surface area (Å²) in [5.41, 5.74) is 4.38. The molecule has 2 amide bonds. The van der Waals surface area contributed by atoms with E-state index in [0.29, 0.717) is 6.54 Å². The zero-order valence-corrected chi connectivity index (χ0v) is 17.6. The van der Waals surface area contributed by atoms with Crippen molar-refractivity contribution in [2.75, 3.05) is 13.1 Å². The van der Waals surface area contributed by atoms with Crippen molar-refractivity contribution >= 4 is 11.8 Å². The van der Waals surface area contributed by atoms with Crippen molar-refractivity contribution in [2.45, 2.75) is 50.4 Å². The normalized spacial score (nSPS) is 28.1. The summed E-state index contributed by atoms with van der Waals surface area (Å²) in [6.07, 6.45) is 6.18. The number of imide groups is 1. The fourth-order valence-electron chi connectivity index (χ4n) is 6.29. The predicted molar refractivity (Wildman–Crippen MR) is 117 cm³/mol. The Balaban J connectivity index is 1.55. The highest BCUT2D eigenvalue weighted by atomic mass is 16.2. The zero-order valence-electron chi connectivity index (χ0n) is 17.6. The standard InChI is InChI=1S/C26H30N2O2/c1-2-3-4-5-10-15-27-16-26-19-13-8-6-11-17(19)21(18-12-7-9-14-20(18)26)22-23(26)25(30)28-24(22)29/h6-9,11-14,21-23,27H,2-5,10,15-16H2,1H3,(H,28,29,30). The van der Waals surface area contributed by atoms with Gasteiger partial charge in [-0.3, -0.25) is 14.9 Å². The number of benzene rings is 2. The summed E-state index contributed by atoms with van der Waals surface area (Å²) in [5.74, 6) is -0.905. The number of unbranched alkanes of at least 4 members (excludes halogenated alkanes) is 4. The molecule has 2 bridgehead atoms. The lowest BCUT2D eigenvalue weighted by Gasteiger charge is -2.54. The highest BCUT2D eigenvalue weighted by Gasteiger charge is 2.65. The first-order chi connectivity index (χ1) is 14.7. The predicted octanol–water partition coefficient (Wildman–Crippen LogP) is 3.88. The molecule has 2 unspecified atom stereocenters. The second-order valence-corrected chi connectivity index (χ2v) is 9.07. The first-order valence-electron chi connectivity index (χ1n) is 11.4. The van der Waals surface area contributed by atoms with Gasteiger partial charge in [-0.15, -0.1) is 0 Å². The van der Waals surface area contributed by atoms with Crippen LogP contribution in [0.15, 0.2) is 48.5 Å². The van der Waals surface area contributed by atoms with E-state index >= 15 is 0 Å². The maximum atomic E-state index is 13.1. The van der Waals surface area contributed by atoms with Crippen LogP contribution in [0.3, 0.4) is 0 Å². The van der Waals surface area contributed by atoms with Crippen LogP contribution in [0.5, 0.6) is 0 Å². The van der Waals surface area contributed by atoms with Crippen LogP contribution in [-0.2, 0) is 15.0 Å². The van der Waals surface area contributed by atoms with Crippen molar-refractivity contribution in [2.24, 2.45) is 11.8 Å². The Morgan fingerprint density at radius 2 is 1.50 bits per heavy atom. The van der Waals surface area contributed by atoms with E-state index in [1.165, 1.54) is 47.9 Å². The first kappa shape index (κ1) is 19.5. The van der Waals surface area contributed by atoms with Crippen molar-refractivity contribution < 1.29 is 9.59 Å². The minimum absolute atomic E-state index is 0.0373. The van der Waals surface area contributed by atoms with Crippen LogP contribution in [0.25, 0.3) is 0 Å². The Labute approximate surface area is 178 Å². The Morgan fingerprint density at radius 3 is 2.17 bits per heavy atom. The molecular formula is C26H30N2O2. The maximum Gasteiger partial charge on any atom is 0.231 e. The average molecular weight is 403 g/mol. The van der Waals surface area contributed by atoms with Gasteiger partial charge in [0.25, 0.3) is 0 Å². The van der Waals surface area contributed by atoms with Gasteiger partial charge < -0.3 is 5.32 Å². The Hall–Kier alpha value is -2.46. The van der Waals surface area contributed by atoms with Gasteiger partial charge in [0.05, 0.1) is 11.8 Å². The van der Waals surface area contributed by atoms with Crippen LogP contribution in [0.4, 0.5) is 0 Å². The summed E-state index contributed by atoms with van der Waals surface area (Å²) in [7, 11) is 0. The lowest BCUT2D eigenvalue weighted by Crippen LogP contribution is -2.57. The van der Waals surface area contributed by atoms with Gasteiger partial charge in [-0.05, 0) is 35.2 Å². The van der Waals surface area contributed by atoms with Crippen LogP contribution in [-0.4, -0.2) is 24.9 Å². The molecule has 0 saturated carbocycles. The number of rotatable bonds is 8. The van der Waals surface area contributed by atoms with Gasteiger partial charge in [0.1, 0.15) is 0 Å². The van der Waals surface area contributed by atoms with Crippen molar-refractivity contribution in [3.05, 3.63) is 70.8 Å². The second-order valence-electron chi connectivity index (χ2n) is 9.07. The third-order valence-corrected chi connectivity index (χ3v) is 7.49. The molecule has 1 aliphatic heterocycles. The van der Waals surface area contributed by atoms with E-state index in [2.05, 4.69) is 66.1 Å². The minimum Gasteiger partial charge on any atom is -0.315 e. The molecule has 1 fully saturated rings. The molecule has 0 spiro atoms. The molecule has 0 radical (unpaired) electrons. The van der Waals surface area contributed by atoms with E-state index in [4.69, 9.17) is 0 Å². The van der Waals surface area contributed by atoms with Crippen LogP contribution in [0.1, 0.15) is 67.2 Å². The van der Waals surface area contributed by atoms with Crippen molar-refractivity contribution in [3.8, 4) is 0 Å². The Morgan fingerprint density at radius 1 is 0.867 bits per heavy atom. The van der Waals surface area contributed by atoms with Gasteiger partial charge in [-0.2, -0.15) is 0 Å². The molecule has 1 heterocycles. The Kier molecular flexibility index (Phi) is 4.98. The molecule has 6 rings (SSSR count). The molecule has 1 saturated heterocycles. The largest absolute Gasteiger partial charge is 0.315 e. The van der Waals surface area contributed by atoms with Gasteiger partial charge in [0.15, 0.2) is 0 Å². The smallest absolute Gasteiger partial charge is 0.231 e. The summed E-state index contributed by atoms with van der Waals surface area (Å²) in [6, 6.07) is 16.9. The summed E-state index contributed by atoms with van der Waals surface area (Å²) in [5, 5.41) is 6.36. The van der Waals surface area contributed by atoms with E-state index in [1.54, 1.807) is 0 Å². The maximum absolute atomic E-state index is 13.1. The molecule has 156 valence electrons. The fraction of sp³-hybridized carbons (Fsp3) is 0.462. The quantitative estimate of drug-likeness (QED) is 0.520. The molecule has 0 aromatic heterocycles. The lowest BCUT2D eigenvalue weighted by atomic mass is 9.47. The van der Waals surface area contributed by atoms with Gasteiger partial charge >= 0.3 is 0 Å². The van der Waals surface area contributed by atoms with Crippen molar-refractivity contribution in [3.63, 3.8) is 0 Å². The number of hydrogen-bond acceptors (Lipinski definition) is 3. The highest BCUT2D eigenvalue weighted by molar-refractivity contribution is 6.08. The van der Waals surface area contributed by atoms with E-state index in [9.17, 15) is 9.59 Å². The molecule has 2 aromatic rings. The number of amides is 2. The molecule has 30 heavy (non-hydrogen) atoms. The molecule has 2 aromatic carbocycles. The lowest BCUT2D eigenvalue weighted by molar-refractivity contribution is -0.126. The van der Waals surface area contributed by atoms with E-state index < -0.39 is 5.41 Å². The van der Waals surface area contributed by atoms with E-state index in [1.807, 2.05) is 0 Å². The molecule has 4 heteroatoms. The molecule has 3 aliphatic carbocycles. The average Bonchev–Trinajstić information content (AvgIpc) is 3.08. The topological polar surface area (TPSA) is 58.2 Å². The molecule has 4 nitrogen and oxygen atoms in total. The highest BCUT2D eigenvalue weighted by Crippen LogP contribution is 2.62. The molecule has 4 aliphatic rings. The Bertz CT molecular complexity index is 935. The van der Waals surface area contributed by atoms with Gasteiger partial charge in [0.2, 0.25) is 11.8 Å². The van der Waals surface area contributed by atoms with E-state index in [-0.39, 0.29) is 29.6 Å². The number of carbonyl (C=O) groups excluding carboxylic acids is 2. The SMILES string of the molecule is CCCCCCCNCC12c3ccccc3C(c3ccccc31)C1C(=O)NC(=O)C12. The third-order valence-electron chi connectivity index (χ3n) is 7.49. The summed E-state index contributed by atoms with van der Waals surface area (Å²) >= 11 is 0. The van der Waals surface area contributed by atoms with Crippen LogP contribution in [0, 0.1) is 11.8 Å². The second kappa shape index (κ2) is 7.66. The monoisotopic (exact) mass is 402 g/mol. The van der Waals surface area contributed by atoms with Crippen LogP contribution < -0.4 is 10.6 Å². The number of nitrogens with one attached hydrogen (secondary N) is 2. The van der Waals surface area contributed by atoms with Crippen LogP contribution >= 0.6 is 0 Å². The summed E-state index contributed by atoms with van der Waals surface area (Å²) < 4.78 is 0. The summed E-state index contributed by atoms with van der Waals surface area (Å²) in [4.78, 5) is 26.0. The van der Waals surface area contributed by atoms with Gasteiger partial charge in [-0.1, -0.05) is 81.1 Å². The molecule has 2 N–H and O–H groups in total. The van der Waals surface area contributed by atoms with Gasteiger partial charge in [0, 0.05) is 17.9 Å². The van der Waals surface area contributed by atoms with Crippen molar-refractivity contribution in [1.29, 1.82) is 0 Å². The van der Waals surface area contributed by atoms with Gasteiger partial charge in [-0.25, -0.2) is 0 Å². The zero-order chi connectivity index (χ0) is 20.7. The molecule has 2 atom stereocenters. The first-order valence-corrected chi connectivity index (χ1v) is 11.4. The fourth-order valence-corrected chi connectivity index (χ4v) is 6.29. The van der Waals surface area contributed by atoms with E-state index in [0.717, 1.165) is 13.0 Å². The molecular weight excluding hydrogens is 372 g/mol. The summed E-state index contributed by atoms with van der Waals surface area (Å²) in [6.45, 7) is 3.85. The minimum atomic E-state index is -0.494. The van der Waals surface area contributed by atoms with Crippen LogP contribution in [0.2, 0.25) is 0 Å². The number of carbonyl (C=O) groups is 2. The number of hydrogen-bond donors (Lipinski definition) is 2. The van der Waals surface area contributed by atoms with Crippen molar-refractivity contribution in [1.82, 2.24) is 10.6 Å².